The molecule has 8 heteroatoms. The highest BCUT2D eigenvalue weighted by Crippen LogP contribution is 2.42. The zero-order valence-corrected chi connectivity index (χ0v) is 16.1. The number of aromatic nitrogens is 1. The van der Waals surface area contributed by atoms with E-state index in [1.165, 1.54) is 11.3 Å². The van der Waals surface area contributed by atoms with Gasteiger partial charge in [0.2, 0.25) is 5.91 Å². The second kappa shape index (κ2) is 7.67. The van der Waals surface area contributed by atoms with Gasteiger partial charge in [-0.2, -0.15) is 0 Å². The minimum absolute atomic E-state index is 0.0324. The normalized spacial score (nSPS) is 17.3. The smallest absolute Gasteiger partial charge is 0.311 e. The van der Waals surface area contributed by atoms with Crippen molar-refractivity contribution < 1.29 is 14.3 Å². The minimum Gasteiger partial charge on any atom is -0.466 e. The summed E-state index contributed by atoms with van der Waals surface area (Å²) in [5.41, 5.74) is 1.68. The molecular formula is C16H15BrN2O3S2. The van der Waals surface area contributed by atoms with Crippen molar-refractivity contribution in [3.05, 3.63) is 45.4 Å². The van der Waals surface area contributed by atoms with Gasteiger partial charge < -0.3 is 4.74 Å². The number of carbonyl (C=O) groups excluding carboxylic acids is 2. The fourth-order valence-electron chi connectivity index (χ4n) is 2.35. The van der Waals surface area contributed by atoms with E-state index in [-0.39, 0.29) is 23.7 Å². The second-order valence-electron chi connectivity index (χ2n) is 5.08. The number of benzene rings is 1. The number of hydrogen-bond donors (Lipinski definition) is 0. The van der Waals surface area contributed by atoms with Gasteiger partial charge in [0.05, 0.1) is 24.5 Å². The van der Waals surface area contributed by atoms with E-state index in [4.69, 9.17) is 4.74 Å². The molecule has 3 rings (SSSR count). The number of thiazole rings is 1. The Hall–Kier alpha value is -1.38. The Balaban J connectivity index is 1.81. The number of hydrogen-bond acceptors (Lipinski definition) is 6. The maximum atomic E-state index is 12.3. The summed E-state index contributed by atoms with van der Waals surface area (Å²) >= 11 is 6.38. The van der Waals surface area contributed by atoms with Crippen molar-refractivity contribution >= 4 is 56.0 Å². The third-order valence-electron chi connectivity index (χ3n) is 3.40. The largest absolute Gasteiger partial charge is 0.466 e. The molecule has 1 fully saturated rings. The number of esters is 1. The van der Waals surface area contributed by atoms with Crippen molar-refractivity contribution in [3.63, 3.8) is 0 Å². The van der Waals surface area contributed by atoms with Gasteiger partial charge in [0.15, 0.2) is 5.13 Å². The molecule has 1 atom stereocenters. The van der Waals surface area contributed by atoms with Crippen LogP contribution < -0.4 is 4.90 Å². The van der Waals surface area contributed by atoms with E-state index >= 15 is 0 Å². The minimum atomic E-state index is -0.305. The maximum absolute atomic E-state index is 12.3. The first-order chi connectivity index (χ1) is 11.6. The number of thioether (sulfide) groups is 1. The lowest BCUT2D eigenvalue weighted by atomic mass is 10.2. The molecule has 1 amide bonds. The van der Waals surface area contributed by atoms with Crippen LogP contribution in [0.1, 0.15) is 23.6 Å². The fourth-order valence-corrected chi connectivity index (χ4v) is 4.71. The van der Waals surface area contributed by atoms with Gasteiger partial charge in [0.1, 0.15) is 5.37 Å². The van der Waals surface area contributed by atoms with Gasteiger partial charge in [-0.15, -0.1) is 23.1 Å². The van der Waals surface area contributed by atoms with E-state index in [0.717, 1.165) is 10.0 Å². The lowest BCUT2D eigenvalue weighted by Gasteiger charge is -2.21. The highest BCUT2D eigenvalue weighted by molar-refractivity contribution is 9.10. The Bertz CT molecular complexity index is 748. The van der Waals surface area contributed by atoms with Crippen molar-refractivity contribution in [1.82, 2.24) is 4.98 Å². The monoisotopic (exact) mass is 426 g/mol. The Morgan fingerprint density at radius 2 is 2.17 bits per heavy atom. The van der Waals surface area contributed by atoms with Crippen LogP contribution in [0.25, 0.3) is 0 Å². The molecule has 1 aliphatic rings. The number of halogens is 1. The van der Waals surface area contributed by atoms with Gasteiger partial charge in [-0.1, -0.05) is 28.1 Å². The van der Waals surface area contributed by atoms with E-state index in [2.05, 4.69) is 20.9 Å². The van der Waals surface area contributed by atoms with Crippen molar-refractivity contribution in [2.75, 3.05) is 17.3 Å². The zero-order valence-electron chi connectivity index (χ0n) is 12.9. The number of nitrogens with zero attached hydrogens (tertiary/aromatic N) is 2. The lowest BCUT2D eigenvalue weighted by Crippen LogP contribution is -2.27. The van der Waals surface area contributed by atoms with Gasteiger partial charge in [-0.05, 0) is 24.6 Å². The van der Waals surface area contributed by atoms with Crippen LogP contribution in [0.5, 0.6) is 0 Å². The molecule has 0 N–H and O–H groups in total. The topological polar surface area (TPSA) is 59.5 Å². The van der Waals surface area contributed by atoms with Gasteiger partial charge in [0.25, 0.3) is 0 Å². The predicted molar refractivity (Wildman–Crippen MR) is 99.3 cm³/mol. The summed E-state index contributed by atoms with van der Waals surface area (Å²) in [5, 5.41) is 2.34. The van der Waals surface area contributed by atoms with Crippen LogP contribution in [-0.4, -0.2) is 29.2 Å². The van der Waals surface area contributed by atoms with Crippen LogP contribution in [-0.2, 0) is 20.7 Å². The summed E-state index contributed by atoms with van der Waals surface area (Å²) in [6.45, 7) is 2.12. The van der Waals surface area contributed by atoms with Crippen molar-refractivity contribution in [2.45, 2.75) is 18.7 Å². The van der Waals surface area contributed by atoms with E-state index in [0.29, 0.717) is 23.2 Å². The van der Waals surface area contributed by atoms with E-state index in [9.17, 15) is 9.59 Å². The van der Waals surface area contributed by atoms with Crippen LogP contribution in [0.15, 0.2) is 34.1 Å². The molecule has 5 nitrogen and oxygen atoms in total. The molecule has 1 aromatic heterocycles. The van der Waals surface area contributed by atoms with E-state index in [1.54, 1.807) is 29.0 Å². The van der Waals surface area contributed by atoms with Gasteiger partial charge in [-0.3, -0.25) is 14.5 Å². The van der Waals surface area contributed by atoms with Crippen LogP contribution in [0.2, 0.25) is 0 Å². The first-order valence-electron chi connectivity index (χ1n) is 7.37. The number of ether oxygens (including phenoxy) is 1. The van der Waals surface area contributed by atoms with Crippen LogP contribution >= 0.6 is 39.0 Å². The lowest BCUT2D eigenvalue weighted by molar-refractivity contribution is -0.142. The molecule has 1 aliphatic heterocycles. The van der Waals surface area contributed by atoms with E-state index < -0.39 is 0 Å². The standard InChI is InChI=1S/C16H15BrN2O3S2/c1-2-22-14(21)7-12-8-24-16(18-12)19-13(20)9-23-15(19)10-3-5-11(17)6-4-10/h3-6,8,15H,2,7,9H2,1H3. The quantitative estimate of drug-likeness (QED) is 0.680. The molecule has 0 radical (unpaired) electrons. The fraction of sp³-hybridized carbons (Fsp3) is 0.312. The maximum Gasteiger partial charge on any atom is 0.311 e. The summed E-state index contributed by atoms with van der Waals surface area (Å²) in [6, 6.07) is 7.93. The zero-order chi connectivity index (χ0) is 17.1. The third kappa shape index (κ3) is 3.81. The molecule has 1 aromatic carbocycles. The van der Waals surface area contributed by atoms with Crippen molar-refractivity contribution in [1.29, 1.82) is 0 Å². The first kappa shape index (κ1) is 17.4. The van der Waals surface area contributed by atoms with Crippen molar-refractivity contribution in [2.24, 2.45) is 0 Å². The molecule has 2 heterocycles. The highest BCUT2D eigenvalue weighted by atomic mass is 79.9. The van der Waals surface area contributed by atoms with E-state index in [1.807, 2.05) is 24.3 Å². The van der Waals surface area contributed by atoms with Crippen molar-refractivity contribution in [3.8, 4) is 0 Å². The third-order valence-corrected chi connectivity index (χ3v) is 6.03. The Morgan fingerprint density at radius 1 is 1.42 bits per heavy atom. The number of anilines is 1. The Kier molecular flexibility index (Phi) is 5.57. The Morgan fingerprint density at radius 3 is 2.88 bits per heavy atom. The Labute approximate surface area is 156 Å². The van der Waals surface area contributed by atoms with Gasteiger partial charge >= 0.3 is 5.97 Å². The molecule has 126 valence electrons. The average molecular weight is 427 g/mol. The number of amides is 1. The second-order valence-corrected chi connectivity index (χ2v) is 7.90. The summed E-state index contributed by atoms with van der Waals surface area (Å²) < 4.78 is 5.94. The summed E-state index contributed by atoms with van der Waals surface area (Å²) in [4.78, 5) is 30.1. The van der Waals surface area contributed by atoms with Gasteiger partial charge in [-0.25, -0.2) is 4.98 Å². The molecule has 1 saturated heterocycles. The SMILES string of the molecule is CCOC(=O)Cc1csc(N2C(=O)CSC2c2ccc(Br)cc2)n1. The molecule has 0 bridgehead atoms. The highest BCUT2D eigenvalue weighted by Gasteiger charge is 2.35. The molecule has 0 saturated carbocycles. The molecule has 1 unspecified atom stereocenters. The van der Waals surface area contributed by atoms with Crippen LogP contribution in [0, 0.1) is 0 Å². The molecule has 0 aliphatic carbocycles. The summed E-state index contributed by atoms with van der Waals surface area (Å²) in [6.07, 6.45) is 0.127. The first-order valence-corrected chi connectivity index (χ1v) is 10.1. The average Bonchev–Trinajstić information content (AvgIpc) is 3.15. The number of carbonyl (C=O) groups is 2. The molecular weight excluding hydrogens is 412 g/mol. The molecule has 2 aromatic rings. The summed E-state index contributed by atoms with van der Waals surface area (Å²) in [7, 11) is 0. The van der Waals surface area contributed by atoms with Crippen LogP contribution in [0.4, 0.5) is 5.13 Å². The molecule has 0 spiro atoms. The molecule has 24 heavy (non-hydrogen) atoms. The predicted octanol–water partition coefficient (Wildman–Crippen LogP) is 3.79. The van der Waals surface area contributed by atoms with Gasteiger partial charge in [0, 0.05) is 9.85 Å². The summed E-state index contributed by atoms with van der Waals surface area (Å²) in [5.74, 6) is 0.152. The van der Waals surface area contributed by atoms with Crippen LogP contribution in [0.3, 0.4) is 0 Å². The number of rotatable bonds is 5.